The van der Waals surface area contributed by atoms with Crippen LogP contribution >= 0.6 is 0 Å². The van der Waals surface area contributed by atoms with E-state index in [-0.39, 0.29) is 29.3 Å². The maximum absolute atomic E-state index is 12.9. The average Bonchev–Trinajstić information content (AvgIpc) is 4.05. The number of rotatable bonds is 10. The van der Waals surface area contributed by atoms with Crippen molar-refractivity contribution in [3.8, 4) is 22.5 Å². The molecule has 0 bridgehead atoms. The molecule has 3 N–H and O–H groups in total. The number of fused-ring (bicyclic) bond motifs is 1. The van der Waals surface area contributed by atoms with E-state index in [2.05, 4.69) is 88.0 Å². The summed E-state index contributed by atoms with van der Waals surface area (Å²) in [5.41, 5.74) is 10.3. The van der Waals surface area contributed by atoms with E-state index < -0.39 is 5.91 Å². The number of anilines is 2. The third-order valence-corrected chi connectivity index (χ3v) is 12.2. The molecule has 7 heterocycles. The number of H-pyrrole nitrogens is 1. The molecule has 62 heavy (non-hydrogen) atoms. The SMILES string of the molecule is Cc1cc(-c2ncnc3[nH]c(-c4ccc(C5=CCN(CC6CCN(c7ccc(N8CCC(=O)NC8=O)cc7)CC6)C5)nc4)cc23)ccc1[C@@H](C)NC(=O)c1nc(C(C)(C)C)no1. The van der Waals surface area contributed by atoms with E-state index in [1.165, 1.54) is 5.57 Å². The third kappa shape index (κ3) is 8.44. The molecule has 318 valence electrons. The van der Waals surface area contributed by atoms with Gasteiger partial charge in [-0.3, -0.25) is 29.7 Å². The molecule has 2 fully saturated rings. The molecule has 2 saturated heterocycles. The first kappa shape index (κ1) is 40.7. The van der Waals surface area contributed by atoms with E-state index in [0.29, 0.717) is 24.7 Å². The number of carbonyl (C=O) groups is 3. The first-order valence-electron chi connectivity index (χ1n) is 21.3. The summed E-state index contributed by atoms with van der Waals surface area (Å²) < 4.78 is 5.25. The Bertz CT molecular complexity index is 2670. The summed E-state index contributed by atoms with van der Waals surface area (Å²) in [6.45, 7) is 15.1. The second kappa shape index (κ2) is 16.6. The summed E-state index contributed by atoms with van der Waals surface area (Å²) >= 11 is 0. The molecule has 4 amide bonds. The van der Waals surface area contributed by atoms with Crippen molar-refractivity contribution in [2.24, 2.45) is 5.92 Å². The number of aromatic amines is 1. The number of nitrogens with zero attached hydrogens (tertiary/aromatic N) is 8. The number of benzene rings is 2. The predicted molar refractivity (Wildman–Crippen MR) is 237 cm³/mol. The molecule has 0 unspecified atom stereocenters. The van der Waals surface area contributed by atoms with Gasteiger partial charge in [-0.2, -0.15) is 4.98 Å². The highest BCUT2D eigenvalue weighted by Crippen LogP contribution is 2.33. The van der Waals surface area contributed by atoms with Gasteiger partial charge in [0.2, 0.25) is 5.91 Å². The first-order chi connectivity index (χ1) is 29.9. The number of hydrogen-bond donors (Lipinski definition) is 3. The highest BCUT2D eigenvalue weighted by molar-refractivity contribution is 6.05. The topological polar surface area (TPSA) is 178 Å². The standard InChI is InChI=1S/C47H51N11O4/c1-28-22-31(6-12-36(28)29(2)51-43(60)44-54-45(55-62-44)47(3,4)5)41-37-23-39(52-42(37)50-27-49-41)32-7-13-38(48-24-32)33-16-18-56(26-33)25-30-14-19-57(20-15-30)34-8-10-35(11-9-34)58-21-17-40(59)53-46(58)61/h6-13,16,22-24,27,29-30H,14-15,17-21,25-26H2,1-5H3,(H,51,60)(H,49,50,52)(H,53,59,61)/t29-/m1/s1. The van der Waals surface area contributed by atoms with E-state index in [4.69, 9.17) is 9.51 Å². The maximum Gasteiger partial charge on any atom is 0.328 e. The molecule has 0 spiro atoms. The van der Waals surface area contributed by atoms with Crippen LogP contribution < -0.4 is 20.4 Å². The zero-order valence-electron chi connectivity index (χ0n) is 35.7. The lowest BCUT2D eigenvalue weighted by molar-refractivity contribution is -0.120. The van der Waals surface area contributed by atoms with E-state index >= 15 is 0 Å². The number of amides is 4. The Kier molecular flexibility index (Phi) is 10.9. The van der Waals surface area contributed by atoms with Crippen molar-refractivity contribution in [1.29, 1.82) is 0 Å². The van der Waals surface area contributed by atoms with Gasteiger partial charge in [0.05, 0.1) is 17.4 Å². The number of piperidine rings is 1. The molecule has 1 atom stereocenters. The van der Waals surface area contributed by atoms with Crippen LogP contribution in [0.1, 0.15) is 86.3 Å². The van der Waals surface area contributed by atoms with Crippen molar-refractivity contribution in [2.75, 3.05) is 49.1 Å². The monoisotopic (exact) mass is 833 g/mol. The highest BCUT2D eigenvalue weighted by atomic mass is 16.5. The van der Waals surface area contributed by atoms with Crippen molar-refractivity contribution < 1.29 is 18.9 Å². The fraction of sp³-hybridized carbons (Fsp3) is 0.362. The Morgan fingerprint density at radius 2 is 1.73 bits per heavy atom. The Morgan fingerprint density at radius 3 is 2.44 bits per heavy atom. The summed E-state index contributed by atoms with van der Waals surface area (Å²) in [7, 11) is 0. The largest absolute Gasteiger partial charge is 0.372 e. The van der Waals surface area contributed by atoms with Crippen LogP contribution in [0.2, 0.25) is 0 Å². The van der Waals surface area contributed by atoms with Gasteiger partial charge in [-0.25, -0.2) is 14.8 Å². The lowest BCUT2D eigenvalue weighted by Crippen LogP contribution is -2.49. The van der Waals surface area contributed by atoms with Crippen molar-refractivity contribution in [2.45, 2.75) is 65.3 Å². The van der Waals surface area contributed by atoms with Crippen LogP contribution in [0.15, 0.2) is 83.8 Å². The van der Waals surface area contributed by atoms with E-state index in [1.54, 1.807) is 11.2 Å². The van der Waals surface area contributed by atoms with Crippen LogP contribution in [-0.4, -0.2) is 92.1 Å². The number of urea groups is 1. The summed E-state index contributed by atoms with van der Waals surface area (Å²) in [4.78, 5) is 65.2. The highest BCUT2D eigenvalue weighted by Gasteiger charge is 2.28. The van der Waals surface area contributed by atoms with Gasteiger partial charge in [-0.15, -0.1) is 0 Å². The number of carbonyl (C=O) groups excluding carboxylic acids is 3. The van der Waals surface area contributed by atoms with E-state index in [1.807, 2.05) is 65.1 Å². The third-order valence-electron chi connectivity index (χ3n) is 12.2. The second-order valence-corrected chi connectivity index (χ2v) is 17.7. The summed E-state index contributed by atoms with van der Waals surface area (Å²) in [6, 6.07) is 19.9. The normalized spacial score (nSPS) is 17.1. The summed E-state index contributed by atoms with van der Waals surface area (Å²) in [5.74, 6) is 0.423. The molecule has 3 aliphatic heterocycles. The molecule has 15 nitrogen and oxygen atoms in total. The Labute approximate surface area is 360 Å². The van der Waals surface area contributed by atoms with Gasteiger partial charge < -0.3 is 19.7 Å². The molecule has 15 heteroatoms. The van der Waals surface area contributed by atoms with Crippen LogP contribution in [-0.2, 0) is 10.2 Å². The molecule has 0 radical (unpaired) electrons. The van der Waals surface area contributed by atoms with Crippen molar-refractivity contribution in [3.05, 3.63) is 108 Å². The molecule has 0 saturated carbocycles. The Balaban J connectivity index is 0.788. The predicted octanol–water partition coefficient (Wildman–Crippen LogP) is 7.23. The lowest BCUT2D eigenvalue weighted by atomic mass is 9.95. The number of pyridine rings is 1. The zero-order chi connectivity index (χ0) is 43.1. The molecule has 0 aliphatic carbocycles. The number of aryl methyl sites for hydroxylation is 1. The van der Waals surface area contributed by atoms with Crippen molar-refractivity contribution in [3.63, 3.8) is 0 Å². The van der Waals surface area contributed by atoms with Gasteiger partial charge in [0.1, 0.15) is 12.0 Å². The van der Waals surface area contributed by atoms with Gasteiger partial charge in [0, 0.05) is 90.9 Å². The average molecular weight is 834 g/mol. The molecule has 4 aromatic heterocycles. The molecular formula is C47H51N11O4. The number of nitrogens with one attached hydrogen (secondary N) is 3. The minimum atomic E-state index is -0.413. The number of aromatic nitrogens is 6. The van der Waals surface area contributed by atoms with E-state index in [0.717, 1.165) is 107 Å². The molecule has 6 aromatic rings. The Hall–Kier alpha value is -6.74. The van der Waals surface area contributed by atoms with Gasteiger partial charge in [0.15, 0.2) is 5.82 Å². The summed E-state index contributed by atoms with van der Waals surface area (Å²) in [6.07, 6.45) is 8.37. The minimum Gasteiger partial charge on any atom is -0.372 e. The number of hydrogen-bond acceptors (Lipinski definition) is 11. The fourth-order valence-electron chi connectivity index (χ4n) is 8.66. The van der Waals surface area contributed by atoms with Crippen LogP contribution in [0.25, 0.3) is 39.1 Å². The molecule has 2 aromatic carbocycles. The van der Waals surface area contributed by atoms with Crippen LogP contribution in [0.5, 0.6) is 0 Å². The van der Waals surface area contributed by atoms with Crippen molar-refractivity contribution in [1.82, 2.24) is 45.6 Å². The molecule has 9 rings (SSSR count). The minimum absolute atomic E-state index is 0.0515. The van der Waals surface area contributed by atoms with Gasteiger partial charge in [-0.05, 0) is 97.8 Å². The van der Waals surface area contributed by atoms with E-state index in [9.17, 15) is 14.4 Å². The quantitative estimate of drug-likeness (QED) is 0.127. The van der Waals surface area contributed by atoms with Gasteiger partial charge >= 0.3 is 17.8 Å². The van der Waals surface area contributed by atoms with Crippen LogP contribution in [0.4, 0.5) is 16.2 Å². The van der Waals surface area contributed by atoms with Crippen molar-refractivity contribution >= 4 is 45.8 Å². The summed E-state index contributed by atoms with van der Waals surface area (Å²) in [5, 5.41) is 10.3. The zero-order valence-corrected chi connectivity index (χ0v) is 35.7. The molecule has 3 aliphatic rings. The first-order valence-corrected chi connectivity index (χ1v) is 21.3. The Morgan fingerprint density at radius 1 is 0.952 bits per heavy atom. The maximum atomic E-state index is 12.9. The number of imide groups is 1. The van der Waals surface area contributed by atoms with Gasteiger partial charge in [-0.1, -0.05) is 44.1 Å². The molecular weight excluding hydrogens is 783 g/mol. The van der Waals surface area contributed by atoms with Crippen LogP contribution in [0.3, 0.4) is 0 Å². The van der Waals surface area contributed by atoms with Crippen LogP contribution in [0, 0.1) is 12.8 Å². The fourth-order valence-corrected chi connectivity index (χ4v) is 8.66. The lowest BCUT2D eigenvalue weighted by Gasteiger charge is -2.35. The van der Waals surface area contributed by atoms with Gasteiger partial charge in [0.25, 0.3) is 0 Å². The second-order valence-electron chi connectivity index (χ2n) is 17.7. The smallest absolute Gasteiger partial charge is 0.328 e.